The molecule has 1 aliphatic rings. The van der Waals surface area contributed by atoms with Crippen molar-refractivity contribution >= 4 is 27.6 Å². The summed E-state index contributed by atoms with van der Waals surface area (Å²) in [4.78, 5) is 12.9. The topological polar surface area (TPSA) is 29.5 Å². The summed E-state index contributed by atoms with van der Waals surface area (Å²) in [5.41, 5.74) is -0.0247. The van der Waals surface area contributed by atoms with Gasteiger partial charge in [0, 0.05) is 23.5 Å². The molecule has 0 aromatic heterocycles. The van der Waals surface area contributed by atoms with E-state index in [0.717, 1.165) is 0 Å². The van der Waals surface area contributed by atoms with Gasteiger partial charge in [-0.25, -0.2) is 8.78 Å². The van der Waals surface area contributed by atoms with Crippen LogP contribution in [0.2, 0.25) is 0 Å². The largest absolute Gasteiger partial charge is 0.466 e. The standard InChI is InChI=1S/C13H14BrF2NO2/c1-2-19-12(18)3-8-6-17(7-8)13-10(15)4-9(14)5-11(13)16/h4-5,8H,2-3,6-7H2,1H3. The molecule has 104 valence electrons. The van der Waals surface area contributed by atoms with Crippen LogP contribution in [0.4, 0.5) is 14.5 Å². The molecular formula is C13H14BrF2NO2. The number of carbonyl (C=O) groups excluding carboxylic acids is 1. The van der Waals surface area contributed by atoms with Gasteiger partial charge in [-0.2, -0.15) is 0 Å². The van der Waals surface area contributed by atoms with Crippen molar-refractivity contribution in [2.75, 3.05) is 24.6 Å². The normalized spacial score (nSPS) is 15.3. The minimum atomic E-state index is -0.596. The van der Waals surface area contributed by atoms with Crippen molar-refractivity contribution in [3.05, 3.63) is 28.2 Å². The summed E-state index contributed by atoms with van der Waals surface area (Å²) in [7, 11) is 0. The van der Waals surface area contributed by atoms with Crippen molar-refractivity contribution in [2.45, 2.75) is 13.3 Å². The van der Waals surface area contributed by atoms with Crippen molar-refractivity contribution in [1.82, 2.24) is 0 Å². The second-order valence-corrected chi connectivity index (χ2v) is 5.41. The van der Waals surface area contributed by atoms with Crippen molar-refractivity contribution in [2.24, 2.45) is 5.92 Å². The number of esters is 1. The van der Waals surface area contributed by atoms with Gasteiger partial charge in [0.25, 0.3) is 0 Å². The highest BCUT2D eigenvalue weighted by molar-refractivity contribution is 9.10. The number of ether oxygens (including phenoxy) is 1. The highest BCUT2D eigenvalue weighted by Gasteiger charge is 2.32. The zero-order valence-electron chi connectivity index (χ0n) is 10.5. The molecule has 1 fully saturated rings. The Morgan fingerprint density at radius 3 is 2.53 bits per heavy atom. The number of benzene rings is 1. The molecule has 0 aliphatic carbocycles. The molecule has 1 heterocycles. The van der Waals surface area contributed by atoms with Crippen molar-refractivity contribution in [1.29, 1.82) is 0 Å². The van der Waals surface area contributed by atoms with Crippen LogP contribution in [0.15, 0.2) is 16.6 Å². The van der Waals surface area contributed by atoms with Crippen LogP contribution in [-0.4, -0.2) is 25.7 Å². The van der Waals surface area contributed by atoms with Gasteiger partial charge in [-0.15, -0.1) is 0 Å². The Bertz CT molecular complexity index is 467. The number of hydrogen-bond acceptors (Lipinski definition) is 3. The van der Waals surface area contributed by atoms with Gasteiger partial charge in [0.05, 0.1) is 13.0 Å². The zero-order valence-corrected chi connectivity index (χ0v) is 12.0. The number of halogens is 3. The molecule has 0 amide bonds. The van der Waals surface area contributed by atoms with Crippen LogP contribution in [0, 0.1) is 17.6 Å². The second kappa shape index (κ2) is 5.86. The molecule has 0 bridgehead atoms. The van der Waals surface area contributed by atoms with Crippen LogP contribution in [0.1, 0.15) is 13.3 Å². The number of rotatable bonds is 4. The van der Waals surface area contributed by atoms with Crippen molar-refractivity contribution in [3.8, 4) is 0 Å². The van der Waals surface area contributed by atoms with Crippen LogP contribution in [0.5, 0.6) is 0 Å². The Labute approximate surface area is 118 Å². The quantitative estimate of drug-likeness (QED) is 0.793. The number of carbonyl (C=O) groups is 1. The van der Waals surface area contributed by atoms with E-state index < -0.39 is 11.6 Å². The maximum Gasteiger partial charge on any atom is 0.306 e. The number of nitrogens with zero attached hydrogens (tertiary/aromatic N) is 1. The lowest BCUT2D eigenvalue weighted by Crippen LogP contribution is -2.48. The summed E-state index contributed by atoms with van der Waals surface area (Å²) in [6, 6.07) is 2.47. The van der Waals surface area contributed by atoms with E-state index in [1.807, 2.05) is 0 Å². The maximum absolute atomic E-state index is 13.7. The number of anilines is 1. The summed E-state index contributed by atoms with van der Waals surface area (Å²) < 4.78 is 32.6. The molecular weight excluding hydrogens is 320 g/mol. The van der Waals surface area contributed by atoms with Gasteiger partial charge in [-0.1, -0.05) is 15.9 Å². The summed E-state index contributed by atoms with van der Waals surface area (Å²) in [5.74, 6) is -1.35. The smallest absolute Gasteiger partial charge is 0.306 e. The highest BCUT2D eigenvalue weighted by atomic mass is 79.9. The van der Waals surface area contributed by atoms with Gasteiger partial charge in [-0.3, -0.25) is 4.79 Å². The molecule has 0 unspecified atom stereocenters. The first-order chi connectivity index (χ1) is 9.01. The molecule has 0 atom stereocenters. The fourth-order valence-corrected chi connectivity index (χ4v) is 2.58. The van der Waals surface area contributed by atoms with Crippen molar-refractivity contribution < 1.29 is 18.3 Å². The van der Waals surface area contributed by atoms with E-state index in [2.05, 4.69) is 15.9 Å². The monoisotopic (exact) mass is 333 g/mol. The average Bonchev–Trinajstić information content (AvgIpc) is 2.24. The molecule has 1 aromatic rings. The van der Waals surface area contributed by atoms with E-state index in [-0.39, 0.29) is 17.6 Å². The molecule has 1 aliphatic heterocycles. The fraction of sp³-hybridized carbons (Fsp3) is 0.462. The first-order valence-corrected chi connectivity index (χ1v) is 6.85. The van der Waals surface area contributed by atoms with Crippen LogP contribution in [0.3, 0.4) is 0 Å². The predicted octanol–water partition coefficient (Wildman–Crippen LogP) is 3.12. The molecule has 0 spiro atoms. The third-order valence-electron chi connectivity index (χ3n) is 3.02. The lowest BCUT2D eigenvalue weighted by molar-refractivity contribution is -0.144. The highest BCUT2D eigenvalue weighted by Crippen LogP contribution is 2.33. The van der Waals surface area contributed by atoms with Gasteiger partial charge in [-0.05, 0) is 19.1 Å². The van der Waals surface area contributed by atoms with Gasteiger partial charge in [0.15, 0.2) is 11.6 Å². The minimum absolute atomic E-state index is 0.0247. The molecule has 2 rings (SSSR count). The van der Waals surface area contributed by atoms with E-state index in [1.165, 1.54) is 12.1 Å². The van der Waals surface area contributed by atoms with Gasteiger partial charge < -0.3 is 9.64 Å². The third kappa shape index (κ3) is 3.23. The first kappa shape index (κ1) is 14.2. The van der Waals surface area contributed by atoms with Crippen LogP contribution < -0.4 is 4.90 Å². The predicted molar refractivity (Wildman–Crippen MR) is 71.0 cm³/mol. The Morgan fingerprint density at radius 2 is 2.00 bits per heavy atom. The van der Waals surface area contributed by atoms with E-state index >= 15 is 0 Å². The molecule has 1 saturated heterocycles. The molecule has 3 nitrogen and oxygen atoms in total. The van der Waals surface area contributed by atoms with Gasteiger partial charge >= 0.3 is 5.97 Å². The van der Waals surface area contributed by atoms with Gasteiger partial charge in [0.1, 0.15) is 5.69 Å². The fourth-order valence-electron chi connectivity index (χ4n) is 2.17. The van der Waals surface area contributed by atoms with Crippen molar-refractivity contribution in [3.63, 3.8) is 0 Å². The Hall–Kier alpha value is -1.17. The molecule has 6 heteroatoms. The first-order valence-electron chi connectivity index (χ1n) is 6.06. The van der Waals surface area contributed by atoms with Gasteiger partial charge in [0.2, 0.25) is 0 Å². The van der Waals surface area contributed by atoms with Crippen LogP contribution in [0.25, 0.3) is 0 Å². The minimum Gasteiger partial charge on any atom is -0.466 e. The Balaban J connectivity index is 1.96. The molecule has 0 N–H and O–H groups in total. The number of hydrogen-bond donors (Lipinski definition) is 0. The summed E-state index contributed by atoms with van der Waals surface area (Å²) in [6.07, 6.45) is 0.296. The van der Waals surface area contributed by atoms with Crippen LogP contribution >= 0.6 is 15.9 Å². The maximum atomic E-state index is 13.7. The lowest BCUT2D eigenvalue weighted by Gasteiger charge is -2.40. The summed E-state index contributed by atoms with van der Waals surface area (Å²) in [5, 5.41) is 0. The molecule has 1 aromatic carbocycles. The summed E-state index contributed by atoms with van der Waals surface area (Å²) in [6.45, 7) is 3.03. The van der Waals surface area contributed by atoms with E-state index in [1.54, 1.807) is 11.8 Å². The lowest BCUT2D eigenvalue weighted by atomic mass is 9.95. The molecule has 0 saturated carbocycles. The van der Waals surface area contributed by atoms with E-state index in [9.17, 15) is 13.6 Å². The Morgan fingerprint density at radius 1 is 1.42 bits per heavy atom. The SMILES string of the molecule is CCOC(=O)CC1CN(c2c(F)cc(Br)cc2F)C1. The Kier molecular flexibility index (Phi) is 4.39. The zero-order chi connectivity index (χ0) is 14.0. The second-order valence-electron chi connectivity index (χ2n) is 4.50. The van der Waals surface area contributed by atoms with E-state index in [0.29, 0.717) is 30.6 Å². The third-order valence-corrected chi connectivity index (χ3v) is 3.47. The summed E-state index contributed by atoms with van der Waals surface area (Å²) >= 11 is 3.04. The van der Waals surface area contributed by atoms with Crippen LogP contribution in [-0.2, 0) is 9.53 Å². The average molecular weight is 334 g/mol. The van der Waals surface area contributed by atoms with E-state index in [4.69, 9.17) is 4.74 Å². The molecule has 0 radical (unpaired) electrons. The molecule has 19 heavy (non-hydrogen) atoms.